The van der Waals surface area contributed by atoms with Gasteiger partial charge in [-0.25, -0.2) is 13.9 Å². The standard InChI is InChI=1S/C11H8F2N2O2/c1-17-6-4-7(12)11(8(13)5-6)9-2-3-10(16)15-14-9/h2-5H,1H3,(H,15,16). The third kappa shape index (κ3) is 2.15. The Hall–Kier alpha value is -2.24. The van der Waals surface area contributed by atoms with Crippen molar-refractivity contribution in [3.8, 4) is 17.0 Å². The number of rotatable bonds is 2. The highest BCUT2D eigenvalue weighted by Gasteiger charge is 2.14. The fourth-order valence-corrected chi connectivity index (χ4v) is 1.40. The first-order valence-electron chi connectivity index (χ1n) is 4.71. The lowest BCUT2D eigenvalue weighted by atomic mass is 10.1. The highest BCUT2D eigenvalue weighted by atomic mass is 19.1. The lowest BCUT2D eigenvalue weighted by Gasteiger charge is -2.06. The molecule has 1 N–H and O–H groups in total. The zero-order valence-electron chi connectivity index (χ0n) is 8.83. The highest BCUT2D eigenvalue weighted by molar-refractivity contribution is 5.61. The molecule has 2 aromatic rings. The average Bonchev–Trinajstić information content (AvgIpc) is 2.30. The molecule has 0 fully saturated rings. The molecule has 1 heterocycles. The van der Waals surface area contributed by atoms with E-state index in [1.54, 1.807) is 0 Å². The normalized spacial score (nSPS) is 10.3. The summed E-state index contributed by atoms with van der Waals surface area (Å²) < 4.78 is 32.0. The van der Waals surface area contributed by atoms with E-state index in [0.717, 1.165) is 18.2 Å². The van der Waals surface area contributed by atoms with Gasteiger partial charge in [0.2, 0.25) is 0 Å². The molecule has 0 saturated carbocycles. The predicted octanol–water partition coefficient (Wildman–Crippen LogP) is 1.72. The number of benzene rings is 1. The summed E-state index contributed by atoms with van der Waals surface area (Å²) in [7, 11) is 1.31. The largest absolute Gasteiger partial charge is 0.497 e. The summed E-state index contributed by atoms with van der Waals surface area (Å²) in [6, 6.07) is 4.48. The van der Waals surface area contributed by atoms with Gasteiger partial charge in [-0.15, -0.1) is 0 Å². The molecule has 6 heteroatoms. The lowest BCUT2D eigenvalue weighted by molar-refractivity contribution is 0.407. The zero-order valence-corrected chi connectivity index (χ0v) is 8.83. The smallest absolute Gasteiger partial charge is 0.264 e. The van der Waals surface area contributed by atoms with Crippen LogP contribution >= 0.6 is 0 Å². The first-order valence-corrected chi connectivity index (χ1v) is 4.71. The Labute approximate surface area is 94.9 Å². The number of halogens is 2. The van der Waals surface area contributed by atoms with Crippen molar-refractivity contribution in [1.82, 2.24) is 10.2 Å². The number of aromatic amines is 1. The molecule has 0 aliphatic carbocycles. The van der Waals surface area contributed by atoms with E-state index in [-0.39, 0.29) is 17.0 Å². The zero-order chi connectivity index (χ0) is 12.4. The molecule has 88 valence electrons. The van der Waals surface area contributed by atoms with E-state index in [4.69, 9.17) is 4.74 Å². The van der Waals surface area contributed by atoms with Gasteiger partial charge >= 0.3 is 0 Å². The van der Waals surface area contributed by atoms with Crippen LogP contribution in [0.5, 0.6) is 5.75 Å². The summed E-state index contributed by atoms with van der Waals surface area (Å²) in [4.78, 5) is 10.8. The van der Waals surface area contributed by atoms with Crippen LogP contribution in [0.2, 0.25) is 0 Å². The average molecular weight is 238 g/mol. The Morgan fingerprint density at radius 3 is 2.35 bits per heavy atom. The van der Waals surface area contributed by atoms with Gasteiger partial charge in [-0.3, -0.25) is 4.79 Å². The molecule has 0 unspecified atom stereocenters. The fraction of sp³-hybridized carbons (Fsp3) is 0.0909. The van der Waals surface area contributed by atoms with Crippen LogP contribution < -0.4 is 10.3 Å². The van der Waals surface area contributed by atoms with Gasteiger partial charge in [0, 0.05) is 18.2 Å². The Kier molecular flexibility index (Phi) is 2.86. The number of nitrogens with zero attached hydrogens (tertiary/aromatic N) is 1. The van der Waals surface area contributed by atoms with E-state index in [9.17, 15) is 13.6 Å². The fourth-order valence-electron chi connectivity index (χ4n) is 1.40. The number of methoxy groups -OCH3 is 1. The van der Waals surface area contributed by atoms with Crippen molar-refractivity contribution in [2.24, 2.45) is 0 Å². The van der Waals surface area contributed by atoms with E-state index in [1.807, 2.05) is 0 Å². The number of nitrogens with one attached hydrogen (secondary N) is 1. The molecule has 0 bridgehead atoms. The van der Waals surface area contributed by atoms with Crippen molar-refractivity contribution in [1.29, 1.82) is 0 Å². The molecule has 0 aliphatic rings. The van der Waals surface area contributed by atoms with Crippen LogP contribution in [0, 0.1) is 11.6 Å². The maximum Gasteiger partial charge on any atom is 0.264 e. The molecule has 2 rings (SSSR count). The van der Waals surface area contributed by atoms with Gasteiger partial charge < -0.3 is 4.74 Å². The van der Waals surface area contributed by atoms with Gasteiger partial charge in [0.05, 0.1) is 18.4 Å². The molecule has 0 spiro atoms. The number of ether oxygens (including phenoxy) is 1. The summed E-state index contributed by atoms with van der Waals surface area (Å²) >= 11 is 0. The maximum absolute atomic E-state index is 13.6. The number of hydrogen-bond acceptors (Lipinski definition) is 3. The molecule has 1 aromatic heterocycles. The Bertz CT molecular complexity index is 567. The predicted molar refractivity (Wildman–Crippen MR) is 56.8 cm³/mol. The minimum atomic E-state index is -0.804. The molecule has 0 aliphatic heterocycles. The summed E-state index contributed by atoms with van der Waals surface area (Å²) in [6.07, 6.45) is 0. The molecule has 0 saturated heterocycles. The minimum absolute atomic E-state index is 0.0160. The third-order valence-electron chi connectivity index (χ3n) is 2.19. The summed E-state index contributed by atoms with van der Waals surface area (Å²) in [5.74, 6) is -1.53. The third-order valence-corrected chi connectivity index (χ3v) is 2.19. The second kappa shape index (κ2) is 4.32. The van der Waals surface area contributed by atoms with Gasteiger partial charge in [0.25, 0.3) is 5.56 Å². The van der Waals surface area contributed by atoms with E-state index < -0.39 is 17.2 Å². The molecule has 0 radical (unpaired) electrons. The Morgan fingerprint density at radius 2 is 1.88 bits per heavy atom. The second-order valence-corrected chi connectivity index (χ2v) is 3.27. The molecule has 0 amide bonds. The minimum Gasteiger partial charge on any atom is -0.497 e. The van der Waals surface area contributed by atoms with E-state index in [0.29, 0.717) is 0 Å². The summed E-state index contributed by atoms with van der Waals surface area (Å²) in [6.45, 7) is 0. The van der Waals surface area contributed by atoms with Crippen LogP contribution in [0.3, 0.4) is 0 Å². The summed E-state index contributed by atoms with van der Waals surface area (Å²) in [5, 5.41) is 5.68. The van der Waals surface area contributed by atoms with Crippen LogP contribution in [0.15, 0.2) is 29.1 Å². The SMILES string of the molecule is COc1cc(F)c(-c2ccc(=O)[nH]n2)c(F)c1. The van der Waals surface area contributed by atoms with Crippen molar-refractivity contribution in [2.75, 3.05) is 7.11 Å². The molecule has 17 heavy (non-hydrogen) atoms. The first-order chi connectivity index (χ1) is 8.11. The van der Waals surface area contributed by atoms with Crippen molar-refractivity contribution >= 4 is 0 Å². The molecular formula is C11H8F2N2O2. The van der Waals surface area contributed by atoms with Gasteiger partial charge in [-0.2, -0.15) is 5.10 Å². The Morgan fingerprint density at radius 1 is 1.24 bits per heavy atom. The van der Waals surface area contributed by atoms with E-state index in [2.05, 4.69) is 10.2 Å². The van der Waals surface area contributed by atoms with Crippen molar-refractivity contribution in [3.05, 3.63) is 46.3 Å². The van der Waals surface area contributed by atoms with E-state index >= 15 is 0 Å². The van der Waals surface area contributed by atoms with Crippen LogP contribution in [-0.4, -0.2) is 17.3 Å². The van der Waals surface area contributed by atoms with Gasteiger partial charge in [-0.05, 0) is 6.07 Å². The quantitative estimate of drug-likeness (QED) is 0.866. The van der Waals surface area contributed by atoms with Gasteiger partial charge in [0.1, 0.15) is 17.4 Å². The molecular weight excluding hydrogens is 230 g/mol. The lowest BCUT2D eigenvalue weighted by Crippen LogP contribution is -2.06. The van der Waals surface area contributed by atoms with E-state index in [1.165, 1.54) is 13.2 Å². The summed E-state index contributed by atoms with van der Waals surface area (Å²) in [5.41, 5.74) is -0.729. The highest BCUT2D eigenvalue weighted by Crippen LogP contribution is 2.27. The number of hydrogen-bond donors (Lipinski definition) is 1. The monoisotopic (exact) mass is 238 g/mol. The maximum atomic E-state index is 13.6. The number of H-pyrrole nitrogens is 1. The molecule has 4 nitrogen and oxygen atoms in total. The van der Waals surface area contributed by atoms with Crippen molar-refractivity contribution < 1.29 is 13.5 Å². The van der Waals surface area contributed by atoms with Crippen LogP contribution in [0.25, 0.3) is 11.3 Å². The Balaban J connectivity index is 2.59. The molecule has 1 aromatic carbocycles. The van der Waals surface area contributed by atoms with Crippen LogP contribution in [-0.2, 0) is 0 Å². The van der Waals surface area contributed by atoms with Crippen LogP contribution in [0.1, 0.15) is 0 Å². The number of aromatic nitrogens is 2. The topological polar surface area (TPSA) is 55.0 Å². The van der Waals surface area contributed by atoms with Crippen LogP contribution in [0.4, 0.5) is 8.78 Å². The van der Waals surface area contributed by atoms with Gasteiger partial charge in [0.15, 0.2) is 0 Å². The van der Waals surface area contributed by atoms with Crippen molar-refractivity contribution in [3.63, 3.8) is 0 Å². The van der Waals surface area contributed by atoms with Gasteiger partial charge in [-0.1, -0.05) is 0 Å². The van der Waals surface area contributed by atoms with Crippen molar-refractivity contribution in [2.45, 2.75) is 0 Å². The molecule has 0 atom stereocenters. The second-order valence-electron chi connectivity index (χ2n) is 3.27. The first kappa shape index (κ1) is 11.3.